The number of hydrogen-bond donors (Lipinski definition) is 2. The molecule has 2 rings (SSSR count). The van der Waals surface area contributed by atoms with Gasteiger partial charge in [-0.3, -0.25) is 9.78 Å². The number of nitrogens with one attached hydrogen (secondary N) is 1. The van der Waals surface area contributed by atoms with Crippen molar-refractivity contribution in [3.63, 3.8) is 0 Å². The Kier molecular flexibility index (Phi) is 7.06. The first-order valence-corrected chi connectivity index (χ1v) is 9.85. The predicted octanol–water partition coefficient (Wildman–Crippen LogP) is 3.62. The van der Waals surface area contributed by atoms with E-state index in [-0.39, 0.29) is 36.3 Å². The number of aromatic nitrogens is 1. The van der Waals surface area contributed by atoms with Crippen LogP contribution < -0.4 is 15.8 Å². The SMILES string of the molecule is CCOC(=O)c1c(C)nc2cccc(OCC(C)(C)NC(=O)CC(C)C)c2c1N. The van der Waals surface area contributed by atoms with Gasteiger partial charge in [0, 0.05) is 6.42 Å². The summed E-state index contributed by atoms with van der Waals surface area (Å²) in [6.45, 7) is 11.7. The van der Waals surface area contributed by atoms with Crippen LogP contribution in [0.4, 0.5) is 5.69 Å². The Labute approximate surface area is 172 Å². The molecule has 0 aliphatic heterocycles. The van der Waals surface area contributed by atoms with Crippen LogP contribution in [0.5, 0.6) is 5.75 Å². The normalized spacial score (nSPS) is 11.6. The number of anilines is 1. The minimum absolute atomic E-state index is 0.0204. The van der Waals surface area contributed by atoms with Crippen LogP contribution in [0.1, 0.15) is 57.1 Å². The van der Waals surface area contributed by atoms with Crippen molar-refractivity contribution in [2.75, 3.05) is 18.9 Å². The second-order valence-corrected chi connectivity index (χ2v) is 8.18. The molecule has 158 valence electrons. The molecule has 7 heteroatoms. The number of rotatable bonds is 8. The van der Waals surface area contributed by atoms with Gasteiger partial charge in [0.2, 0.25) is 5.91 Å². The zero-order valence-electron chi connectivity index (χ0n) is 18.1. The number of pyridine rings is 1. The molecule has 2 aromatic rings. The Hall–Kier alpha value is -2.83. The van der Waals surface area contributed by atoms with Crippen LogP contribution in [0.3, 0.4) is 0 Å². The molecule has 29 heavy (non-hydrogen) atoms. The van der Waals surface area contributed by atoms with E-state index in [1.807, 2.05) is 39.8 Å². The molecule has 0 saturated carbocycles. The summed E-state index contributed by atoms with van der Waals surface area (Å²) in [7, 11) is 0. The van der Waals surface area contributed by atoms with Crippen LogP contribution in [0.15, 0.2) is 18.2 Å². The average molecular weight is 402 g/mol. The maximum Gasteiger partial charge on any atom is 0.342 e. The summed E-state index contributed by atoms with van der Waals surface area (Å²) >= 11 is 0. The van der Waals surface area contributed by atoms with E-state index in [1.165, 1.54) is 0 Å². The zero-order chi connectivity index (χ0) is 21.8. The fraction of sp³-hybridized carbons (Fsp3) is 0.500. The van der Waals surface area contributed by atoms with Crippen molar-refractivity contribution in [3.05, 3.63) is 29.5 Å². The first-order valence-electron chi connectivity index (χ1n) is 9.85. The monoisotopic (exact) mass is 401 g/mol. The number of hydrogen-bond acceptors (Lipinski definition) is 6. The maximum atomic E-state index is 12.3. The molecule has 0 fully saturated rings. The molecule has 0 spiro atoms. The minimum atomic E-state index is -0.578. The zero-order valence-corrected chi connectivity index (χ0v) is 18.1. The average Bonchev–Trinajstić information content (AvgIpc) is 2.58. The highest BCUT2D eigenvalue weighted by molar-refractivity contribution is 6.07. The standard InChI is InChI=1S/C22H31N3O4/c1-7-28-21(27)18-14(4)24-15-9-8-10-16(19(15)20(18)23)29-12-22(5,6)25-17(26)11-13(2)3/h8-10,13H,7,11-12H2,1-6H3,(H2,23,24)(H,25,26). The minimum Gasteiger partial charge on any atom is -0.490 e. The Morgan fingerprint density at radius 3 is 2.59 bits per heavy atom. The molecule has 0 radical (unpaired) electrons. The van der Waals surface area contributed by atoms with Crippen molar-refractivity contribution in [1.29, 1.82) is 0 Å². The lowest BCUT2D eigenvalue weighted by atomic mass is 10.0. The van der Waals surface area contributed by atoms with Crippen LogP contribution in [-0.2, 0) is 9.53 Å². The van der Waals surface area contributed by atoms with Gasteiger partial charge in [-0.15, -0.1) is 0 Å². The highest BCUT2D eigenvalue weighted by Crippen LogP contribution is 2.34. The van der Waals surface area contributed by atoms with Gasteiger partial charge in [0.1, 0.15) is 17.9 Å². The summed E-state index contributed by atoms with van der Waals surface area (Å²) in [5.74, 6) is 0.255. The second-order valence-electron chi connectivity index (χ2n) is 8.18. The summed E-state index contributed by atoms with van der Waals surface area (Å²) in [4.78, 5) is 29.0. The maximum absolute atomic E-state index is 12.3. The molecule has 0 aliphatic rings. The Balaban J connectivity index is 2.32. The number of fused-ring (bicyclic) bond motifs is 1. The Morgan fingerprint density at radius 2 is 1.97 bits per heavy atom. The molecule has 0 aliphatic carbocycles. The van der Waals surface area contributed by atoms with E-state index in [0.29, 0.717) is 28.8 Å². The Bertz CT molecular complexity index is 907. The number of nitrogen functional groups attached to an aromatic ring is 1. The summed E-state index contributed by atoms with van der Waals surface area (Å²) in [5.41, 5.74) is 7.43. The van der Waals surface area contributed by atoms with Crippen molar-refractivity contribution in [2.45, 2.75) is 53.5 Å². The molecule has 0 atom stereocenters. The lowest BCUT2D eigenvalue weighted by Gasteiger charge is -2.27. The summed E-state index contributed by atoms with van der Waals surface area (Å²) in [5, 5.41) is 3.55. The number of benzene rings is 1. The molecule has 1 aromatic heterocycles. The summed E-state index contributed by atoms with van der Waals surface area (Å²) in [6.07, 6.45) is 0.455. The molecule has 1 amide bonds. The van der Waals surface area contributed by atoms with Crippen LogP contribution in [0.2, 0.25) is 0 Å². The van der Waals surface area contributed by atoms with E-state index >= 15 is 0 Å². The van der Waals surface area contributed by atoms with Gasteiger partial charge in [0.05, 0.1) is 34.4 Å². The van der Waals surface area contributed by atoms with Gasteiger partial charge in [0.25, 0.3) is 0 Å². The summed E-state index contributed by atoms with van der Waals surface area (Å²) in [6, 6.07) is 5.41. The van der Waals surface area contributed by atoms with E-state index < -0.39 is 11.5 Å². The number of nitrogens with two attached hydrogens (primary N) is 1. The molecule has 1 heterocycles. The van der Waals surface area contributed by atoms with Crippen LogP contribution in [0, 0.1) is 12.8 Å². The van der Waals surface area contributed by atoms with E-state index in [9.17, 15) is 9.59 Å². The fourth-order valence-corrected chi connectivity index (χ4v) is 3.11. The van der Waals surface area contributed by atoms with Gasteiger partial charge in [0.15, 0.2) is 0 Å². The number of ether oxygens (including phenoxy) is 2. The molecular formula is C22H31N3O4. The molecular weight excluding hydrogens is 370 g/mol. The van der Waals surface area contributed by atoms with E-state index in [2.05, 4.69) is 10.3 Å². The molecule has 0 unspecified atom stereocenters. The predicted molar refractivity (Wildman–Crippen MR) is 114 cm³/mol. The Morgan fingerprint density at radius 1 is 1.28 bits per heavy atom. The number of esters is 1. The highest BCUT2D eigenvalue weighted by atomic mass is 16.5. The third kappa shape index (κ3) is 5.59. The van der Waals surface area contributed by atoms with Crippen LogP contribution in [-0.4, -0.2) is 35.6 Å². The van der Waals surface area contributed by atoms with Gasteiger partial charge in [-0.1, -0.05) is 19.9 Å². The number of carbonyl (C=O) groups excluding carboxylic acids is 2. The van der Waals surface area contributed by atoms with Crippen LogP contribution >= 0.6 is 0 Å². The number of amides is 1. The quantitative estimate of drug-likeness (QED) is 0.655. The summed E-state index contributed by atoms with van der Waals surface area (Å²) < 4.78 is 11.1. The van der Waals surface area contributed by atoms with E-state index in [0.717, 1.165) is 0 Å². The number of carbonyl (C=O) groups is 2. The van der Waals surface area contributed by atoms with Crippen molar-refractivity contribution in [1.82, 2.24) is 10.3 Å². The van der Waals surface area contributed by atoms with E-state index in [1.54, 1.807) is 19.9 Å². The molecule has 1 aromatic carbocycles. The molecule has 0 saturated heterocycles. The lowest BCUT2D eigenvalue weighted by molar-refractivity contribution is -0.123. The number of nitrogens with zero attached hydrogens (tertiary/aromatic N) is 1. The van der Waals surface area contributed by atoms with Crippen molar-refractivity contribution < 1.29 is 19.1 Å². The third-order valence-electron chi connectivity index (χ3n) is 4.33. The van der Waals surface area contributed by atoms with Gasteiger partial charge in [-0.05, 0) is 45.7 Å². The van der Waals surface area contributed by atoms with Crippen molar-refractivity contribution >= 4 is 28.5 Å². The van der Waals surface area contributed by atoms with Gasteiger partial charge in [-0.2, -0.15) is 0 Å². The topological polar surface area (TPSA) is 104 Å². The molecule has 0 bridgehead atoms. The molecule has 3 N–H and O–H groups in total. The first-order chi connectivity index (χ1) is 13.6. The second kappa shape index (κ2) is 9.11. The number of aryl methyl sites for hydroxylation is 1. The lowest BCUT2D eigenvalue weighted by Crippen LogP contribution is -2.48. The van der Waals surface area contributed by atoms with Crippen molar-refractivity contribution in [3.8, 4) is 5.75 Å². The third-order valence-corrected chi connectivity index (χ3v) is 4.33. The fourth-order valence-electron chi connectivity index (χ4n) is 3.11. The first kappa shape index (κ1) is 22.5. The van der Waals surface area contributed by atoms with Crippen LogP contribution in [0.25, 0.3) is 10.9 Å². The van der Waals surface area contributed by atoms with E-state index in [4.69, 9.17) is 15.2 Å². The van der Waals surface area contributed by atoms with Gasteiger partial charge in [-0.25, -0.2) is 4.79 Å². The smallest absolute Gasteiger partial charge is 0.342 e. The largest absolute Gasteiger partial charge is 0.490 e. The molecule has 7 nitrogen and oxygen atoms in total. The van der Waals surface area contributed by atoms with Gasteiger partial charge >= 0.3 is 5.97 Å². The van der Waals surface area contributed by atoms with Crippen molar-refractivity contribution in [2.24, 2.45) is 5.92 Å². The van der Waals surface area contributed by atoms with Gasteiger partial charge < -0.3 is 20.5 Å². The highest BCUT2D eigenvalue weighted by Gasteiger charge is 2.24.